The van der Waals surface area contributed by atoms with Crippen LogP contribution in [0.15, 0.2) is 0 Å². The van der Waals surface area contributed by atoms with Gasteiger partial charge in [0.05, 0.1) is 12.2 Å². The summed E-state index contributed by atoms with van der Waals surface area (Å²) in [4.78, 5) is 0. The van der Waals surface area contributed by atoms with Crippen molar-refractivity contribution in [2.24, 2.45) is 11.8 Å². The molecule has 2 aliphatic rings. The fourth-order valence-corrected chi connectivity index (χ4v) is 6.64. The first-order valence-corrected chi connectivity index (χ1v) is 11.7. The molecule has 0 radical (unpaired) electrons. The quantitative estimate of drug-likeness (QED) is 0.670. The van der Waals surface area contributed by atoms with Gasteiger partial charge in [0, 0.05) is 0 Å². The van der Waals surface area contributed by atoms with Gasteiger partial charge >= 0.3 is 0 Å². The van der Waals surface area contributed by atoms with Crippen LogP contribution in [-0.4, -0.2) is 34.1 Å². The zero-order valence-corrected chi connectivity index (χ0v) is 15.6. The normalized spacial score (nSPS) is 33.5. The molecule has 0 amide bonds. The van der Waals surface area contributed by atoms with E-state index in [0.29, 0.717) is 12.8 Å². The molecule has 8 heteroatoms. The molecule has 2 rings (SSSR count). The summed E-state index contributed by atoms with van der Waals surface area (Å²) in [5.41, 5.74) is 0. The summed E-state index contributed by atoms with van der Waals surface area (Å²) in [6, 6.07) is 0. The van der Waals surface area contributed by atoms with Crippen molar-refractivity contribution in [3.05, 3.63) is 0 Å². The number of rotatable bonds is 6. The average molecular weight is 369 g/mol. The molecule has 0 aromatic rings. The van der Waals surface area contributed by atoms with Gasteiger partial charge in [-0.3, -0.25) is 8.37 Å². The molecule has 4 atom stereocenters. The molecule has 0 N–H and O–H groups in total. The molecule has 0 heterocycles. The van der Waals surface area contributed by atoms with Gasteiger partial charge in [0.15, 0.2) is 0 Å². The van der Waals surface area contributed by atoms with Crippen LogP contribution in [0.2, 0.25) is 0 Å². The van der Waals surface area contributed by atoms with Gasteiger partial charge in [-0.05, 0) is 37.5 Å². The molecule has 2 aliphatic carbocycles. The highest BCUT2D eigenvalue weighted by atomic mass is 32.3. The van der Waals surface area contributed by atoms with Gasteiger partial charge in [-0.25, -0.2) is 0 Å². The van der Waals surface area contributed by atoms with Crippen molar-refractivity contribution in [2.45, 2.75) is 77.4 Å². The maximum Gasteiger partial charge on any atom is 0.284 e. The Morgan fingerprint density at radius 1 is 0.696 bits per heavy atom. The van der Waals surface area contributed by atoms with E-state index in [1.807, 2.05) is 13.8 Å². The Bertz CT molecular complexity index is 531. The summed E-state index contributed by atoms with van der Waals surface area (Å²) in [6.07, 6.45) is 6.22. The highest BCUT2D eigenvalue weighted by molar-refractivity contribution is 8.03. The topological polar surface area (TPSA) is 86.7 Å². The van der Waals surface area contributed by atoms with Crippen molar-refractivity contribution in [1.29, 1.82) is 0 Å². The van der Waals surface area contributed by atoms with Crippen molar-refractivity contribution in [2.75, 3.05) is 5.08 Å². The van der Waals surface area contributed by atoms with Crippen molar-refractivity contribution < 1.29 is 25.2 Å². The van der Waals surface area contributed by atoms with E-state index in [9.17, 15) is 16.8 Å². The fraction of sp³-hybridized carbons (Fsp3) is 1.00. The van der Waals surface area contributed by atoms with Crippen molar-refractivity contribution in [3.63, 3.8) is 0 Å². The first kappa shape index (κ1) is 19.1. The van der Waals surface area contributed by atoms with E-state index in [0.717, 1.165) is 38.5 Å². The lowest BCUT2D eigenvalue weighted by atomic mass is 9.88. The largest absolute Gasteiger partial charge is 0.284 e. The second kappa shape index (κ2) is 7.80. The molecule has 4 unspecified atom stereocenters. The lowest BCUT2D eigenvalue weighted by molar-refractivity contribution is 0.105. The smallest absolute Gasteiger partial charge is 0.266 e. The first-order chi connectivity index (χ1) is 10.7. The third-order valence-electron chi connectivity index (χ3n) is 4.89. The van der Waals surface area contributed by atoms with Crippen LogP contribution in [-0.2, 0) is 28.6 Å². The van der Waals surface area contributed by atoms with Crippen molar-refractivity contribution in [3.8, 4) is 0 Å². The Hall–Kier alpha value is -0.180. The lowest BCUT2D eigenvalue weighted by Crippen LogP contribution is -2.34. The molecule has 0 aromatic carbocycles. The van der Waals surface area contributed by atoms with Crippen LogP contribution < -0.4 is 0 Å². The number of hydrogen-bond donors (Lipinski definition) is 0. The molecule has 136 valence electrons. The minimum Gasteiger partial charge on any atom is -0.266 e. The van der Waals surface area contributed by atoms with Crippen LogP contribution in [0, 0.1) is 11.8 Å². The second-order valence-corrected chi connectivity index (χ2v) is 10.6. The predicted octanol–water partition coefficient (Wildman–Crippen LogP) is 2.79. The third-order valence-corrected chi connectivity index (χ3v) is 8.28. The van der Waals surface area contributed by atoms with Crippen LogP contribution in [0.5, 0.6) is 0 Å². The van der Waals surface area contributed by atoms with Crippen molar-refractivity contribution in [1.82, 2.24) is 0 Å². The third kappa shape index (κ3) is 5.99. The lowest BCUT2D eigenvalue weighted by Gasteiger charge is -2.29. The first-order valence-electron chi connectivity index (χ1n) is 8.50. The van der Waals surface area contributed by atoms with E-state index in [-0.39, 0.29) is 11.8 Å². The van der Waals surface area contributed by atoms with Crippen LogP contribution in [0.3, 0.4) is 0 Å². The number of hydrogen-bond acceptors (Lipinski definition) is 6. The van der Waals surface area contributed by atoms with Crippen LogP contribution in [0.25, 0.3) is 0 Å². The summed E-state index contributed by atoms with van der Waals surface area (Å²) in [6.45, 7) is 3.88. The van der Waals surface area contributed by atoms with Gasteiger partial charge in [0.1, 0.15) is 0 Å². The minimum atomic E-state index is -4.15. The summed E-state index contributed by atoms with van der Waals surface area (Å²) in [5.74, 6) is 0.251. The van der Waals surface area contributed by atoms with E-state index >= 15 is 0 Å². The molecule has 2 fully saturated rings. The summed E-state index contributed by atoms with van der Waals surface area (Å²) >= 11 is 0. The van der Waals surface area contributed by atoms with Gasteiger partial charge < -0.3 is 0 Å². The molecule has 0 spiro atoms. The highest BCUT2D eigenvalue weighted by Crippen LogP contribution is 2.30. The Balaban J connectivity index is 1.94. The molecule has 6 nitrogen and oxygen atoms in total. The summed E-state index contributed by atoms with van der Waals surface area (Å²) < 4.78 is 58.7. The van der Waals surface area contributed by atoms with E-state index in [2.05, 4.69) is 0 Å². The molecule has 0 aliphatic heterocycles. The maximum atomic E-state index is 12.1. The standard InChI is InChI=1S/C15H28O6S2/c1-12-7-3-5-9-14(12)20-22(16,17)11-23(18,19)21-15-10-6-4-8-13(15)2/h12-15H,3-11H2,1-2H3. The molecular formula is C15H28O6S2. The Morgan fingerprint density at radius 2 is 1.04 bits per heavy atom. The molecule has 2 saturated carbocycles. The molecule has 0 aromatic heterocycles. The predicted molar refractivity (Wildman–Crippen MR) is 87.7 cm³/mol. The van der Waals surface area contributed by atoms with E-state index in [1.165, 1.54) is 0 Å². The SMILES string of the molecule is CC1CCCCC1OS(=O)(=O)CS(=O)(=O)OC1CCCCC1C. The summed E-state index contributed by atoms with van der Waals surface area (Å²) in [7, 11) is -8.31. The van der Waals surface area contributed by atoms with Gasteiger partial charge in [0.25, 0.3) is 20.2 Å². The average Bonchev–Trinajstić information content (AvgIpc) is 2.42. The van der Waals surface area contributed by atoms with Gasteiger partial charge in [-0.1, -0.05) is 39.5 Å². The molecule has 23 heavy (non-hydrogen) atoms. The fourth-order valence-electron chi connectivity index (χ4n) is 3.46. The van der Waals surface area contributed by atoms with Gasteiger partial charge in [-0.15, -0.1) is 0 Å². The Morgan fingerprint density at radius 3 is 1.39 bits per heavy atom. The zero-order valence-electron chi connectivity index (χ0n) is 13.9. The van der Waals surface area contributed by atoms with E-state index in [1.54, 1.807) is 0 Å². The van der Waals surface area contributed by atoms with Crippen LogP contribution >= 0.6 is 0 Å². The summed E-state index contributed by atoms with van der Waals surface area (Å²) in [5, 5.41) is -1.09. The molecular weight excluding hydrogens is 340 g/mol. The monoisotopic (exact) mass is 368 g/mol. The van der Waals surface area contributed by atoms with Crippen LogP contribution in [0.1, 0.15) is 65.2 Å². The van der Waals surface area contributed by atoms with E-state index < -0.39 is 37.5 Å². The van der Waals surface area contributed by atoms with E-state index in [4.69, 9.17) is 8.37 Å². The second-order valence-electron chi connectivity index (χ2n) is 7.03. The maximum absolute atomic E-state index is 12.1. The van der Waals surface area contributed by atoms with Crippen molar-refractivity contribution >= 4 is 20.2 Å². The molecule has 0 saturated heterocycles. The van der Waals surface area contributed by atoms with Crippen LogP contribution in [0.4, 0.5) is 0 Å². The zero-order chi connectivity index (χ0) is 17.1. The van der Waals surface area contributed by atoms with Gasteiger partial charge in [-0.2, -0.15) is 16.8 Å². The molecule has 0 bridgehead atoms. The van der Waals surface area contributed by atoms with Gasteiger partial charge in [0.2, 0.25) is 5.08 Å². The minimum absolute atomic E-state index is 0.125. The Labute approximate surface area is 140 Å². The Kier molecular flexibility index (Phi) is 6.49. The highest BCUT2D eigenvalue weighted by Gasteiger charge is 2.34.